The van der Waals surface area contributed by atoms with E-state index in [9.17, 15) is 12.3 Å². The topological polar surface area (TPSA) is 118 Å². The maximum Gasteiger partial charge on any atom is 0.488 e. The lowest BCUT2D eigenvalue weighted by molar-refractivity contribution is 0.438. The number of azide groups is 1. The fraction of sp³-hybridized carbons (Fsp3) is 0.333. The summed E-state index contributed by atoms with van der Waals surface area (Å²) in [6.07, 6.45) is 0. The molecule has 0 fully saturated rings. The van der Waals surface area contributed by atoms with Gasteiger partial charge in [-0.2, -0.15) is 8.42 Å². The summed E-state index contributed by atoms with van der Waals surface area (Å²) in [5.41, 5.74) is 15.2. The van der Waals surface area contributed by atoms with E-state index in [-0.39, 0.29) is 18.8 Å². The predicted octanol–water partition coefficient (Wildman–Crippen LogP) is 1.86. The van der Waals surface area contributed by atoms with Gasteiger partial charge in [0.1, 0.15) is 5.75 Å². The number of nitrogens with zero attached hydrogens (tertiary/aromatic N) is 3. The van der Waals surface area contributed by atoms with E-state index in [2.05, 4.69) is 14.2 Å². The minimum absolute atomic E-state index is 0.00747. The fourth-order valence-corrected chi connectivity index (χ4v) is 1.81. The van der Waals surface area contributed by atoms with Crippen LogP contribution in [0.25, 0.3) is 10.4 Å². The van der Waals surface area contributed by atoms with Crippen molar-refractivity contribution in [3.63, 3.8) is 0 Å². The van der Waals surface area contributed by atoms with Gasteiger partial charge in [-0.05, 0) is 35.2 Å². The van der Waals surface area contributed by atoms with Crippen LogP contribution >= 0.6 is 0 Å². The van der Waals surface area contributed by atoms with Gasteiger partial charge in [0.2, 0.25) is 0 Å². The Morgan fingerprint density at radius 1 is 1.56 bits per heavy atom. The highest BCUT2D eigenvalue weighted by atomic mass is 32.3. The summed E-state index contributed by atoms with van der Waals surface area (Å²) >= 11 is 0. The van der Waals surface area contributed by atoms with Crippen molar-refractivity contribution < 1.29 is 16.5 Å². The monoisotopic (exact) mass is 274 g/mol. The molecule has 0 bridgehead atoms. The molecule has 0 saturated heterocycles. The minimum atomic E-state index is -5.11. The van der Waals surface area contributed by atoms with Crippen LogP contribution in [0.5, 0.6) is 5.75 Å². The quantitative estimate of drug-likeness (QED) is 0.381. The van der Waals surface area contributed by atoms with E-state index in [1.165, 1.54) is 6.07 Å². The average molecular weight is 274 g/mol. The normalized spacial score (nSPS) is 10.8. The Kier molecular flexibility index (Phi) is 4.49. The summed E-state index contributed by atoms with van der Waals surface area (Å²) in [5, 5.41) is 3.33. The van der Waals surface area contributed by atoms with Crippen molar-refractivity contribution in [3.8, 4) is 5.75 Å². The Balaban J connectivity index is 3.26. The summed E-state index contributed by atoms with van der Waals surface area (Å²) in [4.78, 5) is 2.57. The SMILES string of the molecule is Cc1c(CN)cc(CN=[N+]=[N-])cc1OS(=O)(=O)F. The number of nitrogens with two attached hydrogens (primary N) is 1. The van der Waals surface area contributed by atoms with E-state index in [1.807, 2.05) is 0 Å². The molecule has 1 rings (SSSR count). The molecule has 0 spiro atoms. The maximum atomic E-state index is 12.5. The van der Waals surface area contributed by atoms with Crippen molar-refractivity contribution in [3.05, 3.63) is 39.3 Å². The van der Waals surface area contributed by atoms with Crippen LogP contribution in [0.2, 0.25) is 0 Å². The van der Waals surface area contributed by atoms with Crippen LogP contribution < -0.4 is 9.92 Å². The van der Waals surface area contributed by atoms with Crippen molar-refractivity contribution in [2.45, 2.75) is 20.0 Å². The summed E-state index contributed by atoms with van der Waals surface area (Å²) in [6.45, 7) is 1.67. The molecule has 9 heteroatoms. The first kappa shape index (κ1) is 14.2. The molecule has 0 atom stereocenters. The molecule has 1 aromatic carbocycles. The summed E-state index contributed by atoms with van der Waals surface area (Å²) in [7, 11) is -5.11. The zero-order chi connectivity index (χ0) is 13.8. The number of benzene rings is 1. The molecule has 0 heterocycles. The Hall–Kier alpha value is -1.83. The summed E-state index contributed by atoms with van der Waals surface area (Å²) in [6, 6.07) is 2.93. The van der Waals surface area contributed by atoms with Gasteiger partial charge >= 0.3 is 10.5 Å². The highest BCUT2D eigenvalue weighted by Gasteiger charge is 2.14. The fourth-order valence-electron chi connectivity index (χ4n) is 1.42. The molecule has 0 aromatic heterocycles. The second-order valence-electron chi connectivity index (χ2n) is 3.45. The van der Waals surface area contributed by atoms with Crippen molar-refractivity contribution in [2.75, 3.05) is 0 Å². The Morgan fingerprint density at radius 2 is 2.22 bits per heavy atom. The second-order valence-corrected chi connectivity index (χ2v) is 4.40. The number of halogens is 1. The van der Waals surface area contributed by atoms with Gasteiger partial charge in [-0.3, -0.25) is 0 Å². The molecular formula is C9H11FN4O3S. The minimum Gasteiger partial charge on any atom is -0.358 e. The van der Waals surface area contributed by atoms with E-state index in [4.69, 9.17) is 11.3 Å². The number of rotatable bonds is 5. The van der Waals surface area contributed by atoms with Crippen molar-refractivity contribution >= 4 is 10.5 Å². The molecule has 98 valence electrons. The first-order valence-electron chi connectivity index (χ1n) is 4.84. The van der Waals surface area contributed by atoms with Crippen LogP contribution in [0.3, 0.4) is 0 Å². The standard InChI is InChI=1S/C9H11FN4O3S/c1-6-8(4-11)2-7(5-13-14-12)3-9(6)17-18(10,15)16/h2-3H,4-5,11H2,1H3. The molecule has 0 unspecified atom stereocenters. The van der Waals surface area contributed by atoms with Crippen LogP contribution in [0, 0.1) is 6.92 Å². The zero-order valence-corrected chi connectivity index (χ0v) is 10.3. The van der Waals surface area contributed by atoms with Gasteiger partial charge in [0, 0.05) is 11.5 Å². The van der Waals surface area contributed by atoms with E-state index in [0.29, 0.717) is 16.7 Å². The van der Waals surface area contributed by atoms with E-state index >= 15 is 0 Å². The van der Waals surface area contributed by atoms with Crippen LogP contribution in [0.4, 0.5) is 3.89 Å². The van der Waals surface area contributed by atoms with E-state index in [1.54, 1.807) is 13.0 Å². The molecule has 1 aromatic rings. The molecule has 2 N–H and O–H groups in total. The Labute approximate surface area is 103 Å². The van der Waals surface area contributed by atoms with Crippen LogP contribution in [0.15, 0.2) is 17.2 Å². The Bertz CT molecular complexity index is 596. The van der Waals surface area contributed by atoms with Gasteiger partial charge in [-0.25, -0.2) is 0 Å². The van der Waals surface area contributed by atoms with E-state index in [0.717, 1.165) is 0 Å². The molecule has 0 aliphatic carbocycles. The van der Waals surface area contributed by atoms with Crippen molar-refractivity contribution in [1.29, 1.82) is 0 Å². The van der Waals surface area contributed by atoms with Crippen LogP contribution in [-0.4, -0.2) is 8.42 Å². The highest BCUT2D eigenvalue weighted by molar-refractivity contribution is 7.81. The van der Waals surface area contributed by atoms with Gasteiger partial charge in [0.05, 0.1) is 6.54 Å². The lowest BCUT2D eigenvalue weighted by atomic mass is 10.0. The molecule has 18 heavy (non-hydrogen) atoms. The third kappa shape index (κ3) is 3.88. The maximum absolute atomic E-state index is 12.5. The second kappa shape index (κ2) is 5.67. The number of hydrogen-bond donors (Lipinski definition) is 1. The van der Waals surface area contributed by atoms with Crippen molar-refractivity contribution in [1.82, 2.24) is 0 Å². The van der Waals surface area contributed by atoms with Crippen LogP contribution in [-0.2, 0) is 23.6 Å². The first-order valence-corrected chi connectivity index (χ1v) is 6.15. The first-order chi connectivity index (χ1) is 8.37. The zero-order valence-electron chi connectivity index (χ0n) is 9.50. The predicted molar refractivity (Wildman–Crippen MR) is 62.6 cm³/mol. The molecule has 7 nitrogen and oxygen atoms in total. The van der Waals surface area contributed by atoms with Gasteiger partial charge in [0.15, 0.2) is 0 Å². The lowest BCUT2D eigenvalue weighted by Gasteiger charge is -2.11. The highest BCUT2D eigenvalue weighted by Crippen LogP contribution is 2.26. The van der Waals surface area contributed by atoms with Gasteiger partial charge in [-0.1, -0.05) is 15.1 Å². The lowest BCUT2D eigenvalue weighted by Crippen LogP contribution is -2.07. The molecule has 0 saturated carbocycles. The largest absolute Gasteiger partial charge is 0.488 e. The molecule has 0 radical (unpaired) electrons. The van der Waals surface area contributed by atoms with Crippen molar-refractivity contribution in [2.24, 2.45) is 10.8 Å². The molecular weight excluding hydrogens is 263 g/mol. The van der Waals surface area contributed by atoms with Crippen LogP contribution in [0.1, 0.15) is 16.7 Å². The average Bonchev–Trinajstić information content (AvgIpc) is 2.28. The molecule has 0 amide bonds. The summed E-state index contributed by atoms with van der Waals surface area (Å²) < 4.78 is 37.7. The Morgan fingerprint density at radius 3 is 2.72 bits per heavy atom. The third-order valence-electron chi connectivity index (χ3n) is 2.25. The molecule has 0 aliphatic heterocycles. The summed E-state index contributed by atoms with van der Waals surface area (Å²) in [5.74, 6) is -0.163. The van der Waals surface area contributed by atoms with Gasteiger partial charge in [-0.15, -0.1) is 0 Å². The van der Waals surface area contributed by atoms with E-state index < -0.39 is 10.5 Å². The van der Waals surface area contributed by atoms with Gasteiger partial charge in [0.25, 0.3) is 0 Å². The number of hydrogen-bond acceptors (Lipinski definition) is 5. The smallest absolute Gasteiger partial charge is 0.358 e. The molecule has 0 aliphatic rings. The van der Waals surface area contributed by atoms with Gasteiger partial charge < -0.3 is 9.92 Å². The third-order valence-corrected chi connectivity index (χ3v) is 2.63.